The molecule has 1 heterocycles. The third-order valence-electron chi connectivity index (χ3n) is 2.75. The van der Waals surface area contributed by atoms with Crippen molar-refractivity contribution in [2.75, 3.05) is 12.3 Å². The number of nitrogens with one attached hydrogen (secondary N) is 1. The van der Waals surface area contributed by atoms with E-state index in [-0.39, 0.29) is 0 Å². The summed E-state index contributed by atoms with van der Waals surface area (Å²) in [4.78, 5) is 8.13. The highest BCUT2D eigenvalue weighted by atomic mass is 15.0. The van der Waals surface area contributed by atoms with E-state index in [1.54, 1.807) is 6.20 Å². The van der Waals surface area contributed by atoms with Crippen LogP contribution in [0.4, 0.5) is 5.95 Å². The Morgan fingerprint density at radius 1 is 1.35 bits per heavy atom. The Morgan fingerprint density at radius 3 is 2.88 bits per heavy atom. The van der Waals surface area contributed by atoms with E-state index in [2.05, 4.69) is 34.4 Å². The van der Waals surface area contributed by atoms with Crippen LogP contribution in [0.5, 0.6) is 0 Å². The minimum Gasteiger partial charge on any atom is -0.388 e. The predicted octanol–water partition coefficient (Wildman–Crippen LogP) is 2.12. The fourth-order valence-corrected chi connectivity index (χ4v) is 1.84. The fraction of sp³-hybridized carbons (Fsp3) is 0.385. The monoisotopic (exact) mass is 230 g/mol. The largest absolute Gasteiger partial charge is 0.388 e. The Balaban J connectivity index is 2.09. The van der Waals surface area contributed by atoms with Gasteiger partial charge in [-0.3, -0.25) is 0 Å². The van der Waals surface area contributed by atoms with E-state index in [0.717, 1.165) is 31.5 Å². The lowest BCUT2D eigenvalue weighted by Crippen LogP contribution is -2.15. The number of aromatic nitrogens is 2. The zero-order valence-corrected chi connectivity index (χ0v) is 10.1. The van der Waals surface area contributed by atoms with E-state index < -0.39 is 0 Å². The summed E-state index contributed by atoms with van der Waals surface area (Å²) in [5, 5.41) is 3.41. The van der Waals surface area contributed by atoms with E-state index >= 15 is 0 Å². The summed E-state index contributed by atoms with van der Waals surface area (Å²) in [5.41, 5.74) is 9.04. The van der Waals surface area contributed by atoms with Gasteiger partial charge in [0.1, 0.15) is 0 Å². The molecule has 0 radical (unpaired) electrons. The van der Waals surface area contributed by atoms with E-state index in [9.17, 15) is 0 Å². The second-order valence-corrected chi connectivity index (χ2v) is 4.11. The van der Waals surface area contributed by atoms with Crippen LogP contribution in [0.25, 0.3) is 5.57 Å². The van der Waals surface area contributed by atoms with Crippen LogP contribution in [0, 0.1) is 0 Å². The molecule has 3 N–H and O–H groups in total. The van der Waals surface area contributed by atoms with Crippen molar-refractivity contribution in [3.63, 3.8) is 0 Å². The first-order valence-corrected chi connectivity index (χ1v) is 6.02. The second kappa shape index (κ2) is 5.48. The number of nitrogens with two attached hydrogens (primary N) is 1. The average molecular weight is 230 g/mol. The lowest BCUT2D eigenvalue weighted by atomic mass is 9.99. The van der Waals surface area contributed by atoms with Gasteiger partial charge in [0.05, 0.1) is 5.69 Å². The summed E-state index contributed by atoms with van der Waals surface area (Å²) in [7, 11) is 0. The summed E-state index contributed by atoms with van der Waals surface area (Å²) >= 11 is 0. The van der Waals surface area contributed by atoms with Crippen molar-refractivity contribution >= 4 is 11.5 Å². The zero-order chi connectivity index (χ0) is 12.1. The van der Waals surface area contributed by atoms with Gasteiger partial charge in [-0.2, -0.15) is 0 Å². The van der Waals surface area contributed by atoms with Gasteiger partial charge in [-0.1, -0.05) is 13.0 Å². The Hall–Kier alpha value is -1.84. The Morgan fingerprint density at radius 2 is 2.24 bits per heavy atom. The van der Waals surface area contributed by atoms with Crippen LogP contribution < -0.4 is 11.1 Å². The van der Waals surface area contributed by atoms with Crippen molar-refractivity contribution in [2.24, 2.45) is 0 Å². The molecule has 1 aliphatic carbocycles. The molecular weight excluding hydrogens is 212 g/mol. The fourth-order valence-electron chi connectivity index (χ4n) is 1.84. The summed E-state index contributed by atoms with van der Waals surface area (Å²) < 4.78 is 0. The van der Waals surface area contributed by atoms with E-state index in [1.165, 1.54) is 11.3 Å². The van der Waals surface area contributed by atoms with Crippen molar-refractivity contribution < 1.29 is 0 Å². The highest BCUT2D eigenvalue weighted by Crippen LogP contribution is 2.24. The van der Waals surface area contributed by atoms with Crippen molar-refractivity contribution in [3.05, 3.63) is 35.8 Å². The Labute approximate surface area is 102 Å². The SMILES string of the molecule is CCCNC1=CC=C(c2ccnc(N)n2)CC1. The Kier molecular flexibility index (Phi) is 3.75. The molecule has 0 fully saturated rings. The first kappa shape index (κ1) is 11.6. The lowest BCUT2D eigenvalue weighted by Gasteiger charge is -2.15. The minimum atomic E-state index is 0.335. The van der Waals surface area contributed by atoms with Crippen molar-refractivity contribution in [1.82, 2.24) is 15.3 Å². The molecule has 0 unspecified atom stereocenters. The molecule has 17 heavy (non-hydrogen) atoms. The maximum absolute atomic E-state index is 5.58. The number of hydrogen-bond acceptors (Lipinski definition) is 4. The number of nitrogens with zero attached hydrogens (tertiary/aromatic N) is 2. The van der Waals surface area contributed by atoms with Gasteiger partial charge >= 0.3 is 0 Å². The molecule has 0 aromatic carbocycles. The maximum atomic E-state index is 5.58. The quantitative estimate of drug-likeness (QED) is 0.831. The summed E-state index contributed by atoms with van der Waals surface area (Å²) in [6.45, 7) is 3.21. The molecule has 2 rings (SSSR count). The summed E-state index contributed by atoms with van der Waals surface area (Å²) in [6, 6.07) is 1.90. The highest BCUT2D eigenvalue weighted by Gasteiger charge is 2.09. The second-order valence-electron chi connectivity index (χ2n) is 4.11. The molecule has 1 aromatic heterocycles. The van der Waals surface area contributed by atoms with Crippen LogP contribution in [0.2, 0.25) is 0 Å². The van der Waals surface area contributed by atoms with E-state index in [1.807, 2.05) is 6.07 Å². The average Bonchev–Trinajstić information content (AvgIpc) is 2.37. The zero-order valence-electron chi connectivity index (χ0n) is 10.1. The Bertz CT molecular complexity index is 448. The summed E-state index contributed by atoms with van der Waals surface area (Å²) in [5.74, 6) is 0.335. The van der Waals surface area contributed by atoms with Gasteiger partial charge in [-0.25, -0.2) is 9.97 Å². The molecule has 0 spiro atoms. The van der Waals surface area contributed by atoms with Crippen LogP contribution in [0.3, 0.4) is 0 Å². The van der Waals surface area contributed by atoms with E-state index in [4.69, 9.17) is 5.73 Å². The van der Waals surface area contributed by atoms with Gasteiger partial charge in [0.25, 0.3) is 0 Å². The van der Waals surface area contributed by atoms with Crippen LogP contribution in [0.15, 0.2) is 30.1 Å². The first-order chi connectivity index (χ1) is 8.29. The summed E-state index contributed by atoms with van der Waals surface area (Å²) in [6.07, 6.45) is 9.13. The smallest absolute Gasteiger partial charge is 0.220 e. The minimum absolute atomic E-state index is 0.335. The van der Waals surface area contributed by atoms with Crippen molar-refractivity contribution in [1.29, 1.82) is 0 Å². The molecule has 4 heteroatoms. The van der Waals surface area contributed by atoms with Gasteiger partial charge in [0.2, 0.25) is 5.95 Å². The van der Waals surface area contributed by atoms with Crippen molar-refractivity contribution in [3.8, 4) is 0 Å². The molecule has 4 nitrogen and oxygen atoms in total. The topological polar surface area (TPSA) is 63.8 Å². The van der Waals surface area contributed by atoms with Crippen molar-refractivity contribution in [2.45, 2.75) is 26.2 Å². The normalized spacial score (nSPS) is 15.1. The molecule has 0 bridgehead atoms. The van der Waals surface area contributed by atoms with Crippen LogP contribution in [-0.2, 0) is 0 Å². The number of hydrogen-bond donors (Lipinski definition) is 2. The molecule has 1 aliphatic rings. The maximum Gasteiger partial charge on any atom is 0.220 e. The van der Waals surface area contributed by atoms with Gasteiger partial charge in [-0.15, -0.1) is 0 Å². The third-order valence-corrected chi connectivity index (χ3v) is 2.75. The van der Waals surface area contributed by atoms with Crippen LogP contribution >= 0.6 is 0 Å². The molecule has 0 saturated carbocycles. The molecule has 0 aliphatic heterocycles. The third kappa shape index (κ3) is 3.06. The van der Waals surface area contributed by atoms with Crippen LogP contribution in [-0.4, -0.2) is 16.5 Å². The molecule has 90 valence electrons. The van der Waals surface area contributed by atoms with Gasteiger partial charge < -0.3 is 11.1 Å². The molecule has 1 aromatic rings. The standard InChI is InChI=1S/C13H18N4/c1-2-8-15-11-5-3-10(4-6-11)12-7-9-16-13(14)17-12/h3,5,7,9,15H,2,4,6,8H2,1H3,(H2,14,16,17). The number of nitrogen functional groups attached to an aromatic ring is 1. The van der Waals surface area contributed by atoms with E-state index in [0.29, 0.717) is 5.95 Å². The number of rotatable bonds is 4. The molecule has 0 saturated heterocycles. The molecular formula is C13H18N4. The highest BCUT2D eigenvalue weighted by molar-refractivity contribution is 5.66. The predicted molar refractivity (Wildman–Crippen MR) is 70.0 cm³/mol. The lowest BCUT2D eigenvalue weighted by molar-refractivity contribution is 0.726. The van der Waals surface area contributed by atoms with Gasteiger partial charge in [0, 0.05) is 18.4 Å². The number of anilines is 1. The molecule has 0 amide bonds. The first-order valence-electron chi connectivity index (χ1n) is 6.02. The van der Waals surface area contributed by atoms with Crippen LogP contribution in [0.1, 0.15) is 31.9 Å². The molecule has 0 atom stereocenters. The van der Waals surface area contributed by atoms with Gasteiger partial charge in [0.15, 0.2) is 0 Å². The number of allylic oxidation sites excluding steroid dienone is 4. The van der Waals surface area contributed by atoms with Gasteiger partial charge in [-0.05, 0) is 37.0 Å².